The molecule has 29 heavy (non-hydrogen) atoms. The van der Waals surface area contributed by atoms with Crippen molar-refractivity contribution in [2.24, 2.45) is 0 Å². The third-order valence-electron chi connectivity index (χ3n) is 4.89. The Morgan fingerprint density at radius 2 is 1.59 bits per heavy atom. The minimum atomic E-state index is -0.466. The summed E-state index contributed by atoms with van der Waals surface area (Å²) in [4.78, 5) is 26.6. The number of benzene rings is 2. The number of ether oxygens (including phenoxy) is 3. The molecule has 1 saturated heterocycles. The zero-order valence-corrected chi connectivity index (χ0v) is 17.7. The van der Waals surface area contributed by atoms with Crippen molar-refractivity contribution in [2.75, 3.05) is 27.9 Å². The third kappa shape index (κ3) is 4.85. The molecule has 0 spiro atoms. The first kappa shape index (κ1) is 21.0. The van der Waals surface area contributed by atoms with Gasteiger partial charge in [-0.25, -0.2) is 0 Å². The van der Waals surface area contributed by atoms with Crippen molar-refractivity contribution < 1.29 is 23.8 Å². The number of carbonyl (C=O) groups is 2. The first-order valence-electron chi connectivity index (χ1n) is 9.42. The molecule has 6 nitrogen and oxygen atoms in total. The number of hydrogen-bond donors (Lipinski definition) is 0. The molecule has 7 heteroatoms. The molecule has 0 N–H and O–H groups in total. The number of amides is 2. The number of nitrogens with zero attached hydrogens (tertiary/aromatic N) is 1. The lowest BCUT2D eigenvalue weighted by atomic mass is 10.1. The van der Waals surface area contributed by atoms with E-state index in [2.05, 4.69) is 12.1 Å². The lowest BCUT2D eigenvalue weighted by Crippen LogP contribution is -2.33. The summed E-state index contributed by atoms with van der Waals surface area (Å²) in [5, 5.41) is -0.654. The molecule has 1 heterocycles. The van der Waals surface area contributed by atoms with Crippen LogP contribution in [-0.4, -0.2) is 49.2 Å². The largest absolute Gasteiger partial charge is 0.496 e. The summed E-state index contributed by atoms with van der Waals surface area (Å²) in [6.45, 7) is 0.430. The van der Waals surface area contributed by atoms with E-state index in [9.17, 15) is 9.59 Å². The summed E-state index contributed by atoms with van der Waals surface area (Å²) in [6, 6.07) is 13.6. The second-order valence-corrected chi connectivity index (χ2v) is 7.83. The average Bonchev–Trinajstić information content (AvgIpc) is 3.01. The predicted octanol–water partition coefficient (Wildman–Crippen LogP) is 3.95. The van der Waals surface area contributed by atoms with Crippen LogP contribution in [0.3, 0.4) is 0 Å². The first-order chi connectivity index (χ1) is 14.1. The van der Waals surface area contributed by atoms with Gasteiger partial charge in [0.05, 0.1) is 26.6 Å². The maximum Gasteiger partial charge on any atom is 0.289 e. The Bertz CT molecular complexity index is 871. The normalized spacial score (nSPS) is 16.2. The van der Waals surface area contributed by atoms with Crippen LogP contribution >= 0.6 is 11.8 Å². The van der Waals surface area contributed by atoms with Crippen LogP contribution in [0.2, 0.25) is 0 Å². The van der Waals surface area contributed by atoms with Gasteiger partial charge in [0, 0.05) is 12.6 Å². The lowest BCUT2D eigenvalue weighted by molar-refractivity contribution is -0.126. The number of carbonyl (C=O) groups excluding carboxylic acids is 2. The summed E-state index contributed by atoms with van der Waals surface area (Å²) in [7, 11) is 4.68. The molecule has 0 radical (unpaired) electrons. The van der Waals surface area contributed by atoms with E-state index in [0.29, 0.717) is 30.2 Å². The molecule has 0 aromatic heterocycles. The van der Waals surface area contributed by atoms with Gasteiger partial charge >= 0.3 is 0 Å². The van der Waals surface area contributed by atoms with Gasteiger partial charge < -0.3 is 14.2 Å². The van der Waals surface area contributed by atoms with Crippen molar-refractivity contribution in [1.82, 2.24) is 4.90 Å². The van der Waals surface area contributed by atoms with Crippen LogP contribution in [0.15, 0.2) is 42.5 Å². The smallest absolute Gasteiger partial charge is 0.289 e. The van der Waals surface area contributed by atoms with Gasteiger partial charge in [-0.1, -0.05) is 42.1 Å². The van der Waals surface area contributed by atoms with Crippen molar-refractivity contribution in [1.29, 1.82) is 0 Å². The summed E-state index contributed by atoms with van der Waals surface area (Å²) in [5.41, 5.74) is 2.00. The maximum atomic E-state index is 12.8. The van der Waals surface area contributed by atoms with Crippen LogP contribution in [0, 0.1) is 0 Å². The maximum absolute atomic E-state index is 12.8. The zero-order chi connectivity index (χ0) is 20.8. The molecule has 2 aromatic carbocycles. The van der Waals surface area contributed by atoms with Gasteiger partial charge in [-0.3, -0.25) is 14.5 Å². The molecular formula is C22H25NO5S. The van der Waals surface area contributed by atoms with Gasteiger partial charge in [-0.15, -0.1) is 0 Å². The highest BCUT2D eigenvalue weighted by atomic mass is 32.2. The topological polar surface area (TPSA) is 65.1 Å². The zero-order valence-electron chi connectivity index (χ0n) is 16.8. The SMILES string of the molecule is COc1cc(OC)c(OC)cc1C[C@@H]1SC(=O)N(CCCc2ccccc2)C1=O. The van der Waals surface area contributed by atoms with E-state index in [4.69, 9.17) is 14.2 Å². The summed E-state index contributed by atoms with van der Waals surface area (Å²) in [6.07, 6.45) is 1.96. The molecule has 1 aliphatic heterocycles. The van der Waals surface area contributed by atoms with E-state index >= 15 is 0 Å². The fourth-order valence-electron chi connectivity index (χ4n) is 3.37. The van der Waals surface area contributed by atoms with Crippen LogP contribution in [0.1, 0.15) is 17.5 Å². The molecule has 2 aromatic rings. The highest BCUT2D eigenvalue weighted by Gasteiger charge is 2.39. The molecule has 0 saturated carbocycles. The Balaban J connectivity index is 1.66. The van der Waals surface area contributed by atoms with Crippen molar-refractivity contribution in [2.45, 2.75) is 24.5 Å². The number of thioether (sulfide) groups is 1. The molecular weight excluding hydrogens is 390 g/mol. The van der Waals surface area contributed by atoms with Gasteiger partial charge in [0.2, 0.25) is 5.91 Å². The Morgan fingerprint density at radius 1 is 0.931 bits per heavy atom. The van der Waals surface area contributed by atoms with E-state index < -0.39 is 5.25 Å². The van der Waals surface area contributed by atoms with E-state index in [1.807, 2.05) is 18.2 Å². The Hall–Kier alpha value is -2.67. The number of hydrogen-bond acceptors (Lipinski definition) is 6. The van der Waals surface area contributed by atoms with Crippen LogP contribution in [-0.2, 0) is 17.6 Å². The van der Waals surface area contributed by atoms with Crippen LogP contribution in [0.4, 0.5) is 4.79 Å². The minimum Gasteiger partial charge on any atom is -0.496 e. The van der Waals surface area contributed by atoms with Crippen LogP contribution < -0.4 is 14.2 Å². The molecule has 2 amide bonds. The molecule has 3 rings (SSSR count). The number of imide groups is 1. The Morgan fingerprint density at radius 3 is 2.24 bits per heavy atom. The average molecular weight is 416 g/mol. The lowest BCUT2D eigenvalue weighted by Gasteiger charge is -2.16. The van der Waals surface area contributed by atoms with Gasteiger partial charge in [-0.2, -0.15) is 0 Å². The second-order valence-electron chi connectivity index (χ2n) is 6.67. The van der Waals surface area contributed by atoms with Crippen molar-refractivity contribution in [3.8, 4) is 17.2 Å². The first-order valence-corrected chi connectivity index (χ1v) is 10.3. The van der Waals surface area contributed by atoms with E-state index in [-0.39, 0.29) is 11.1 Å². The second kappa shape index (κ2) is 9.69. The Labute approximate surface area is 175 Å². The molecule has 1 fully saturated rings. The highest BCUT2D eigenvalue weighted by Crippen LogP contribution is 2.38. The highest BCUT2D eigenvalue weighted by molar-refractivity contribution is 8.15. The molecule has 0 aliphatic carbocycles. The van der Waals surface area contributed by atoms with Gasteiger partial charge in [0.15, 0.2) is 11.5 Å². The van der Waals surface area contributed by atoms with Crippen LogP contribution in [0.25, 0.3) is 0 Å². The molecule has 0 unspecified atom stereocenters. The molecule has 0 bridgehead atoms. The fourth-order valence-corrected chi connectivity index (χ4v) is 4.41. The number of rotatable bonds is 9. The van der Waals surface area contributed by atoms with Crippen LogP contribution in [0.5, 0.6) is 17.2 Å². The predicted molar refractivity (Wildman–Crippen MR) is 113 cm³/mol. The Kier molecular flexibility index (Phi) is 7.04. The molecule has 154 valence electrons. The monoisotopic (exact) mass is 415 g/mol. The van der Waals surface area contributed by atoms with E-state index in [0.717, 1.165) is 30.2 Å². The number of aryl methyl sites for hydroxylation is 1. The summed E-state index contributed by atoms with van der Waals surface area (Å²) >= 11 is 1.08. The van der Waals surface area contributed by atoms with Gasteiger partial charge in [0.25, 0.3) is 5.24 Å². The standard InChI is InChI=1S/C22H25NO5S/c1-26-17-14-19(28-3)18(27-2)12-16(17)13-20-21(24)23(22(25)29-20)11-7-10-15-8-5-4-6-9-15/h4-6,8-9,12,14,20H,7,10-11,13H2,1-3H3/t20-/m0/s1. The quantitative estimate of drug-likeness (QED) is 0.618. The van der Waals surface area contributed by atoms with Crippen molar-refractivity contribution in [3.63, 3.8) is 0 Å². The van der Waals surface area contributed by atoms with E-state index in [1.54, 1.807) is 33.5 Å². The molecule has 1 atom stereocenters. The van der Waals surface area contributed by atoms with Gasteiger partial charge in [0.1, 0.15) is 5.75 Å². The van der Waals surface area contributed by atoms with Crippen molar-refractivity contribution >= 4 is 22.9 Å². The van der Waals surface area contributed by atoms with Gasteiger partial charge in [-0.05, 0) is 36.5 Å². The third-order valence-corrected chi connectivity index (χ3v) is 5.96. The minimum absolute atomic E-state index is 0.148. The summed E-state index contributed by atoms with van der Waals surface area (Å²) in [5.74, 6) is 1.57. The van der Waals surface area contributed by atoms with E-state index in [1.165, 1.54) is 10.5 Å². The van der Waals surface area contributed by atoms with Crippen molar-refractivity contribution in [3.05, 3.63) is 53.6 Å². The number of methoxy groups -OCH3 is 3. The molecule has 1 aliphatic rings. The summed E-state index contributed by atoms with van der Waals surface area (Å²) < 4.78 is 16.1. The fraction of sp³-hybridized carbons (Fsp3) is 0.364.